The van der Waals surface area contributed by atoms with Crippen LogP contribution in [0.5, 0.6) is 5.75 Å². The minimum absolute atomic E-state index is 0.0702. The number of benzene rings is 2. The molecule has 2 aliphatic rings. The number of imide groups is 1. The molecule has 1 heterocycles. The quantitative estimate of drug-likeness (QED) is 0.558. The molecule has 2 aromatic carbocycles. The molecule has 0 unspecified atom stereocenters. The average Bonchev–Trinajstić information content (AvgIpc) is 3.11. The van der Waals surface area contributed by atoms with E-state index in [0.717, 1.165) is 16.4 Å². The van der Waals surface area contributed by atoms with Gasteiger partial charge in [-0.05, 0) is 66.3 Å². The first-order valence-electron chi connectivity index (χ1n) is 11.0. The molecule has 2 aromatic rings. The normalized spacial score (nSPS) is 21.3. The van der Waals surface area contributed by atoms with E-state index in [1.165, 1.54) is 61.8 Å². The standard InChI is InChI=1S/C26H29NO3/c1-2-3-19-4-6-20(7-5-19)21-8-10-22(11-9-21)23-12-14-24(15-13-23)30-18-27-25(28)16-17-26(27)29/h8-17,19-20H,2-7,18H2,1H3. The fraction of sp³-hybridized carbons (Fsp3) is 0.385. The van der Waals surface area contributed by atoms with E-state index in [0.29, 0.717) is 11.7 Å². The lowest BCUT2D eigenvalue weighted by molar-refractivity contribution is -0.140. The number of carbonyl (C=O) groups excluding carboxylic acids is 2. The van der Waals surface area contributed by atoms with Gasteiger partial charge in [0.2, 0.25) is 0 Å². The van der Waals surface area contributed by atoms with E-state index in [9.17, 15) is 9.59 Å². The fourth-order valence-electron chi connectivity index (χ4n) is 4.58. The van der Waals surface area contributed by atoms with Crippen LogP contribution in [0.25, 0.3) is 11.1 Å². The van der Waals surface area contributed by atoms with Crippen molar-refractivity contribution in [3.8, 4) is 16.9 Å². The van der Waals surface area contributed by atoms with Crippen molar-refractivity contribution in [3.63, 3.8) is 0 Å². The Kier molecular flexibility index (Phi) is 6.32. The van der Waals surface area contributed by atoms with Gasteiger partial charge in [0.15, 0.2) is 6.73 Å². The highest BCUT2D eigenvalue weighted by Gasteiger charge is 2.24. The SMILES string of the molecule is CCCC1CCC(c2ccc(-c3ccc(OCN4C(=O)C=CC4=O)cc3)cc2)CC1. The van der Waals surface area contributed by atoms with E-state index < -0.39 is 0 Å². The summed E-state index contributed by atoms with van der Waals surface area (Å²) in [6.45, 7) is 2.22. The van der Waals surface area contributed by atoms with Gasteiger partial charge < -0.3 is 4.74 Å². The molecule has 1 saturated carbocycles. The van der Waals surface area contributed by atoms with E-state index in [1.54, 1.807) is 0 Å². The molecule has 2 amide bonds. The van der Waals surface area contributed by atoms with Gasteiger partial charge in [0, 0.05) is 12.2 Å². The predicted molar refractivity (Wildman–Crippen MR) is 118 cm³/mol. The lowest BCUT2D eigenvalue weighted by Crippen LogP contribution is -2.33. The second-order valence-electron chi connectivity index (χ2n) is 8.36. The first-order valence-corrected chi connectivity index (χ1v) is 11.0. The Labute approximate surface area is 178 Å². The number of nitrogens with zero attached hydrogens (tertiary/aromatic N) is 1. The van der Waals surface area contributed by atoms with Crippen LogP contribution in [-0.4, -0.2) is 23.4 Å². The van der Waals surface area contributed by atoms with Crippen LogP contribution in [0, 0.1) is 5.92 Å². The summed E-state index contributed by atoms with van der Waals surface area (Å²) in [5.41, 5.74) is 3.76. The largest absolute Gasteiger partial charge is 0.473 e. The van der Waals surface area contributed by atoms with Crippen molar-refractivity contribution in [1.29, 1.82) is 0 Å². The molecule has 0 spiro atoms. The Morgan fingerprint density at radius 3 is 1.97 bits per heavy atom. The van der Waals surface area contributed by atoms with E-state index in [4.69, 9.17) is 4.74 Å². The topological polar surface area (TPSA) is 46.6 Å². The third kappa shape index (κ3) is 4.64. The van der Waals surface area contributed by atoms with Gasteiger partial charge in [-0.15, -0.1) is 0 Å². The molecule has 1 fully saturated rings. The second-order valence-corrected chi connectivity index (χ2v) is 8.36. The van der Waals surface area contributed by atoms with Gasteiger partial charge in [0.05, 0.1) is 0 Å². The summed E-state index contributed by atoms with van der Waals surface area (Å²) in [6.07, 6.45) is 10.6. The number of carbonyl (C=O) groups is 2. The lowest BCUT2D eigenvalue weighted by atomic mass is 9.77. The summed E-state index contributed by atoms with van der Waals surface area (Å²) < 4.78 is 5.59. The second kappa shape index (κ2) is 9.29. The summed E-state index contributed by atoms with van der Waals surface area (Å²) in [5, 5.41) is 0. The number of hydrogen-bond acceptors (Lipinski definition) is 3. The van der Waals surface area contributed by atoms with Gasteiger partial charge in [-0.2, -0.15) is 0 Å². The molecule has 30 heavy (non-hydrogen) atoms. The van der Waals surface area contributed by atoms with Gasteiger partial charge in [-0.3, -0.25) is 9.59 Å². The molecule has 1 aliphatic heterocycles. The number of hydrogen-bond donors (Lipinski definition) is 0. The van der Waals surface area contributed by atoms with Crippen LogP contribution in [0.3, 0.4) is 0 Å². The molecule has 4 heteroatoms. The van der Waals surface area contributed by atoms with Crippen LogP contribution >= 0.6 is 0 Å². The van der Waals surface area contributed by atoms with Crippen molar-refractivity contribution >= 4 is 11.8 Å². The highest BCUT2D eigenvalue weighted by atomic mass is 16.5. The van der Waals surface area contributed by atoms with Crippen molar-refractivity contribution in [1.82, 2.24) is 4.90 Å². The summed E-state index contributed by atoms with van der Waals surface area (Å²) >= 11 is 0. The first-order chi connectivity index (χ1) is 14.6. The summed E-state index contributed by atoms with van der Waals surface area (Å²) in [7, 11) is 0. The third-order valence-electron chi connectivity index (χ3n) is 6.37. The van der Waals surface area contributed by atoms with E-state index in [-0.39, 0.29) is 18.5 Å². The maximum absolute atomic E-state index is 11.6. The van der Waals surface area contributed by atoms with Gasteiger partial charge in [0.25, 0.3) is 11.8 Å². The zero-order valence-electron chi connectivity index (χ0n) is 17.5. The summed E-state index contributed by atoms with van der Waals surface area (Å²) in [6, 6.07) is 16.7. The van der Waals surface area contributed by atoms with Crippen molar-refractivity contribution in [2.24, 2.45) is 5.92 Å². The van der Waals surface area contributed by atoms with Crippen LogP contribution in [0.1, 0.15) is 56.9 Å². The molecule has 4 rings (SSSR count). The molecule has 4 nitrogen and oxygen atoms in total. The van der Waals surface area contributed by atoms with Crippen LogP contribution in [-0.2, 0) is 9.59 Å². The predicted octanol–water partition coefficient (Wildman–Crippen LogP) is 5.69. The lowest BCUT2D eigenvalue weighted by Gasteiger charge is -2.28. The van der Waals surface area contributed by atoms with E-state index in [1.807, 2.05) is 24.3 Å². The Bertz CT molecular complexity index is 888. The maximum Gasteiger partial charge on any atom is 0.256 e. The first kappa shape index (κ1) is 20.4. The summed E-state index contributed by atoms with van der Waals surface area (Å²) in [4.78, 5) is 24.2. The molecule has 0 bridgehead atoms. The van der Waals surface area contributed by atoms with Crippen molar-refractivity contribution < 1.29 is 14.3 Å². The smallest absolute Gasteiger partial charge is 0.256 e. The van der Waals surface area contributed by atoms with Gasteiger partial charge in [0.1, 0.15) is 5.75 Å². The fourth-order valence-corrected chi connectivity index (χ4v) is 4.58. The minimum atomic E-state index is -0.337. The molecular formula is C26H29NO3. The Morgan fingerprint density at radius 2 is 1.40 bits per heavy atom. The average molecular weight is 404 g/mol. The van der Waals surface area contributed by atoms with Crippen molar-refractivity contribution in [2.45, 2.75) is 51.4 Å². The van der Waals surface area contributed by atoms with Gasteiger partial charge in [-0.25, -0.2) is 4.90 Å². The highest BCUT2D eigenvalue weighted by molar-refractivity contribution is 6.12. The van der Waals surface area contributed by atoms with Gasteiger partial charge in [-0.1, -0.05) is 56.2 Å². The zero-order chi connectivity index (χ0) is 20.9. The van der Waals surface area contributed by atoms with Crippen molar-refractivity contribution in [3.05, 3.63) is 66.2 Å². The molecule has 156 valence electrons. The molecule has 0 N–H and O–H groups in total. The minimum Gasteiger partial charge on any atom is -0.473 e. The Morgan fingerprint density at radius 1 is 0.833 bits per heavy atom. The molecule has 0 radical (unpaired) electrons. The van der Waals surface area contributed by atoms with Gasteiger partial charge >= 0.3 is 0 Å². The van der Waals surface area contributed by atoms with Crippen molar-refractivity contribution in [2.75, 3.05) is 6.73 Å². The molecule has 1 aliphatic carbocycles. The van der Waals surface area contributed by atoms with Crippen LogP contribution in [0.4, 0.5) is 0 Å². The molecular weight excluding hydrogens is 374 g/mol. The van der Waals surface area contributed by atoms with Crippen LogP contribution in [0.2, 0.25) is 0 Å². The van der Waals surface area contributed by atoms with E-state index in [2.05, 4.69) is 31.2 Å². The van der Waals surface area contributed by atoms with E-state index >= 15 is 0 Å². The number of rotatable bonds is 7. The Hall–Kier alpha value is -2.88. The number of ether oxygens (including phenoxy) is 1. The summed E-state index contributed by atoms with van der Waals surface area (Å²) in [5.74, 6) is 1.59. The zero-order valence-corrected chi connectivity index (χ0v) is 17.5. The Balaban J connectivity index is 1.33. The maximum atomic E-state index is 11.6. The van der Waals surface area contributed by atoms with Crippen LogP contribution < -0.4 is 4.74 Å². The highest BCUT2D eigenvalue weighted by Crippen LogP contribution is 2.38. The molecule has 0 saturated heterocycles. The monoisotopic (exact) mass is 403 g/mol. The molecule has 0 aromatic heterocycles. The number of amides is 2. The van der Waals surface area contributed by atoms with Crippen LogP contribution in [0.15, 0.2) is 60.7 Å². The third-order valence-corrected chi connectivity index (χ3v) is 6.37. The molecule has 0 atom stereocenters.